The fourth-order valence-electron chi connectivity index (χ4n) is 6.30. The van der Waals surface area contributed by atoms with E-state index >= 15 is 0 Å². The van der Waals surface area contributed by atoms with Gasteiger partial charge >= 0.3 is 96.9 Å². The van der Waals surface area contributed by atoms with Crippen LogP contribution in [0.4, 0.5) is 117 Å². The minimum Gasteiger partial charge on any atom is -0.457 e. The highest BCUT2D eigenvalue weighted by Crippen LogP contribution is 2.47. The van der Waals surface area contributed by atoms with Gasteiger partial charge in [-0.25, -0.2) is 19.2 Å². The maximum Gasteiger partial charge on any atom is 0.491 e. The number of ketones is 2. The van der Waals surface area contributed by atoms with Gasteiger partial charge in [-0.3, -0.25) is 28.8 Å². The topological polar surface area (TPSA) is 221 Å². The second kappa shape index (κ2) is 23.3. The first-order chi connectivity index (χ1) is 35.9. The molecule has 0 saturated heterocycles. The standard InChI is InChI=1S/C38H20F24N4O14/c39-31(40,41)23(69)63(9-11-77-27(73)35(51,52)53)5-7-65(25(71)33(45,46)47)13-1-2-14(66(26(72)34(48,49)50)8-6-64(24(70)32(42,43)44)10-12-78-28(74)36(54,55)56)18-17(13)21(67)19-15(79-29(75)37(57,58)59)3-4-16(20(19)22(18)68)80-30(76)38(60,61)62/h1-4H,5-12H2. The number of benzene rings is 2. The van der Waals surface area contributed by atoms with Crippen molar-refractivity contribution < 1.29 is 172 Å². The summed E-state index contributed by atoms with van der Waals surface area (Å²) in [7, 11) is 0. The van der Waals surface area contributed by atoms with Crippen LogP contribution < -0.4 is 19.3 Å². The molecule has 80 heavy (non-hydrogen) atoms. The van der Waals surface area contributed by atoms with Crippen molar-refractivity contribution >= 4 is 70.4 Å². The summed E-state index contributed by atoms with van der Waals surface area (Å²) in [6.45, 7) is -16.9. The number of fused-ring (bicyclic) bond motifs is 2. The molecule has 0 fully saturated rings. The summed E-state index contributed by atoms with van der Waals surface area (Å²) in [4.78, 5) is 122. The van der Waals surface area contributed by atoms with E-state index in [9.17, 15) is 153 Å². The second-order valence-electron chi connectivity index (χ2n) is 14.9. The average Bonchev–Trinajstić information content (AvgIpc) is 3.29. The van der Waals surface area contributed by atoms with Crippen molar-refractivity contribution in [3.63, 3.8) is 0 Å². The van der Waals surface area contributed by atoms with Crippen molar-refractivity contribution in [2.45, 2.75) is 49.4 Å². The third-order valence-corrected chi connectivity index (χ3v) is 9.52. The number of esters is 4. The highest BCUT2D eigenvalue weighted by molar-refractivity contribution is 6.35. The molecule has 0 N–H and O–H groups in total. The lowest BCUT2D eigenvalue weighted by Gasteiger charge is -2.34. The van der Waals surface area contributed by atoms with E-state index in [1.165, 1.54) is 0 Å². The summed E-state index contributed by atoms with van der Waals surface area (Å²) in [5.41, 5.74) is -13.6. The molecule has 3 rings (SSSR count). The van der Waals surface area contributed by atoms with E-state index in [1.807, 2.05) is 0 Å². The normalized spacial score (nSPS) is 13.3. The van der Waals surface area contributed by atoms with E-state index in [0.717, 1.165) is 0 Å². The zero-order valence-corrected chi connectivity index (χ0v) is 37.5. The van der Waals surface area contributed by atoms with Crippen LogP contribution in [0.25, 0.3) is 0 Å². The summed E-state index contributed by atoms with van der Waals surface area (Å²) in [5.74, 6) is -37.0. The number of nitrogens with zero attached hydrogens (tertiary/aromatic N) is 4. The molecule has 42 heteroatoms. The average molecular weight is 1210 g/mol. The molecule has 0 aliphatic heterocycles. The summed E-state index contributed by atoms with van der Waals surface area (Å²) in [6.07, 6.45) is -50.0. The molecule has 1 aliphatic rings. The van der Waals surface area contributed by atoms with Crippen LogP contribution in [0.5, 0.6) is 11.5 Å². The molecule has 0 saturated carbocycles. The zero-order valence-electron chi connectivity index (χ0n) is 37.5. The molecule has 1 aliphatic carbocycles. The van der Waals surface area contributed by atoms with Gasteiger partial charge in [0, 0.05) is 26.2 Å². The van der Waals surface area contributed by atoms with Gasteiger partial charge in [-0.1, -0.05) is 0 Å². The van der Waals surface area contributed by atoms with E-state index in [0.29, 0.717) is 0 Å². The highest BCUT2D eigenvalue weighted by Gasteiger charge is 2.53. The number of anilines is 2. The number of carbonyl (C=O) groups is 10. The molecule has 18 nitrogen and oxygen atoms in total. The van der Waals surface area contributed by atoms with Crippen LogP contribution in [0.2, 0.25) is 0 Å². The maximum absolute atomic E-state index is 14.7. The van der Waals surface area contributed by atoms with Crippen molar-refractivity contribution in [2.24, 2.45) is 0 Å². The van der Waals surface area contributed by atoms with Gasteiger partial charge in [-0.05, 0) is 24.3 Å². The molecule has 0 atom stereocenters. The minimum absolute atomic E-state index is 0.274. The number of rotatable bonds is 16. The van der Waals surface area contributed by atoms with Gasteiger partial charge in [0.15, 0.2) is 0 Å². The Kier molecular flexibility index (Phi) is 19.3. The first kappa shape index (κ1) is 66.1. The van der Waals surface area contributed by atoms with Crippen molar-refractivity contribution in [1.29, 1.82) is 0 Å². The zero-order chi connectivity index (χ0) is 62.0. The van der Waals surface area contributed by atoms with Crippen LogP contribution in [0.15, 0.2) is 24.3 Å². The van der Waals surface area contributed by atoms with E-state index in [-0.39, 0.29) is 12.1 Å². The fraction of sp³-hybridized carbons (Fsp3) is 0.421. The predicted octanol–water partition coefficient (Wildman–Crippen LogP) is 6.18. The van der Waals surface area contributed by atoms with Crippen LogP contribution in [-0.2, 0) is 47.8 Å². The molecule has 0 spiro atoms. The predicted molar refractivity (Wildman–Crippen MR) is 199 cm³/mol. The van der Waals surface area contributed by atoms with Crippen LogP contribution in [0, 0.1) is 0 Å². The summed E-state index contributed by atoms with van der Waals surface area (Å²) in [5, 5.41) is 0. The van der Waals surface area contributed by atoms with Gasteiger partial charge in [0.1, 0.15) is 24.7 Å². The second-order valence-corrected chi connectivity index (χ2v) is 14.9. The Balaban J connectivity index is 2.61. The Morgan fingerprint density at radius 3 is 0.825 bits per heavy atom. The van der Waals surface area contributed by atoms with Crippen LogP contribution >= 0.6 is 0 Å². The molecule has 2 aromatic rings. The Morgan fingerprint density at radius 2 is 0.588 bits per heavy atom. The number of carbonyl (C=O) groups excluding carboxylic acids is 10. The Bertz CT molecular complexity index is 2630. The summed E-state index contributed by atoms with van der Waals surface area (Å²) >= 11 is 0. The number of amides is 4. The fourth-order valence-corrected chi connectivity index (χ4v) is 6.30. The lowest BCUT2D eigenvalue weighted by molar-refractivity contribution is -0.201. The maximum atomic E-state index is 14.7. The molecule has 4 amide bonds. The Hall–Kier alpha value is -8.14. The van der Waals surface area contributed by atoms with Gasteiger partial charge in [-0.15, -0.1) is 0 Å². The monoisotopic (exact) mass is 1210 g/mol. The molecule has 0 radical (unpaired) electrons. The Morgan fingerprint density at radius 1 is 0.325 bits per heavy atom. The van der Waals surface area contributed by atoms with Crippen LogP contribution in [-0.4, -0.2) is 171 Å². The summed E-state index contributed by atoms with van der Waals surface area (Å²) in [6, 6.07) is -1.33. The lowest BCUT2D eigenvalue weighted by Crippen LogP contribution is -2.50. The van der Waals surface area contributed by atoms with E-state index in [2.05, 4.69) is 18.9 Å². The number of ether oxygens (including phenoxy) is 4. The van der Waals surface area contributed by atoms with Crippen molar-refractivity contribution in [3.8, 4) is 11.5 Å². The number of hydrogen-bond acceptors (Lipinski definition) is 14. The molecule has 0 bridgehead atoms. The minimum atomic E-state index is -6.56. The van der Waals surface area contributed by atoms with Gasteiger partial charge in [0.25, 0.3) is 0 Å². The van der Waals surface area contributed by atoms with Crippen molar-refractivity contribution in [2.75, 3.05) is 62.3 Å². The van der Waals surface area contributed by atoms with Gasteiger partial charge in [0.05, 0.1) is 46.7 Å². The first-order valence-corrected chi connectivity index (χ1v) is 19.9. The molecule has 444 valence electrons. The third kappa shape index (κ3) is 16.0. The third-order valence-electron chi connectivity index (χ3n) is 9.52. The van der Waals surface area contributed by atoms with Crippen molar-refractivity contribution in [3.05, 3.63) is 46.5 Å². The summed E-state index contributed by atoms with van der Waals surface area (Å²) < 4.78 is 340. The Labute approximate surface area is 422 Å². The molecule has 0 unspecified atom stereocenters. The smallest absolute Gasteiger partial charge is 0.457 e. The highest BCUT2D eigenvalue weighted by atomic mass is 19.4. The van der Waals surface area contributed by atoms with E-state index in [1.54, 1.807) is 0 Å². The van der Waals surface area contributed by atoms with Gasteiger partial charge in [0.2, 0.25) is 11.6 Å². The van der Waals surface area contributed by atoms with Crippen LogP contribution in [0.1, 0.15) is 31.8 Å². The number of alkyl halides is 24. The van der Waals surface area contributed by atoms with E-state index in [4.69, 9.17) is 0 Å². The number of halogens is 24. The SMILES string of the molecule is O=C1c2c(OC(=O)C(F)(F)F)ccc(OC(=O)C(F)(F)F)c2C(=O)c2c(N(CCN(CCOC(=O)C(F)(F)F)C(=O)C(F)(F)F)C(=O)C(F)(F)F)ccc(N(CCN(CCOC(=O)C(F)(F)F)C(=O)C(F)(F)F)C(=O)C(F)(F)F)c21. The first-order valence-electron chi connectivity index (χ1n) is 19.9. The molecular weight excluding hydrogens is 1190 g/mol. The van der Waals surface area contributed by atoms with Crippen LogP contribution in [0.3, 0.4) is 0 Å². The lowest BCUT2D eigenvalue weighted by atomic mass is 9.80. The van der Waals surface area contributed by atoms with Gasteiger partial charge in [-0.2, -0.15) is 105 Å². The quantitative estimate of drug-likeness (QED) is 0.0889. The molecular formula is C38H20F24N4O14. The van der Waals surface area contributed by atoms with Crippen molar-refractivity contribution in [1.82, 2.24) is 9.80 Å². The van der Waals surface area contributed by atoms with Gasteiger partial charge < -0.3 is 38.5 Å². The molecule has 0 aromatic heterocycles. The molecule has 0 heterocycles. The molecule has 2 aromatic carbocycles. The largest absolute Gasteiger partial charge is 0.491 e. The van der Waals surface area contributed by atoms with E-state index < -0.39 is 238 Å². The number of hydrogen-bond donors (Lipinski definition) is 0.